The van der Waals surface area contributed by atoms with Gasteiger partial charge in [0.15, 0.2) is 0 Å². The van der Waals surface area contributed by atoms with Gasteiger partial charge in [-0.1, -0.05) is 13.3 Å². The van der Waals surface area contributed by atoms with E-state index in [2.05, 4.69) is 12.2 Å². The number of amides is 1. The third-order valence-corrected chi connectivity index (χ3v) is 3.99. The molecule has 0 radical (unpaired) electrons. The number of hydrogen-bond acceptors (Lipinski definition) is 2. The van der Waals surface area contributed by atoms with Crippen LogP contribution < -0.4 is 11.1 Å². The molecule has 3 nitrogen and oxygen atoms in total. The minimum Gasteiger partial charge on any atom is -0.382 e. The van der Waals surface area contributed by atoms with Gasteiger partial charge in [0.2, 0.25) is 5.91 Å². The van der Waals surface area contributed by atoms with Crippen molar-refractivity contribution in [3.05, 3.63) is 29.3 Å². The summed E-state index contributed by atoms with van der Waals surface area (Å²) in [7, 11) is 0. The van der Waals surface area contributed by atoms with Crippen molar-refractivity contribution in [1.29, 1.82) is 0 Å². The van der Waals surface area contributed by atoms with Crippen molar-refractivity contribution in [2.75, 3.05) is 5.32 Å². The van der Waals surface area contributed by atoms with Gasteiger partial charge in [0.05, 0.1) is 0 Å². The Morgan fingerprint density at radius 3 is 2.78 bits per heavy atom. The molecule has 3 heteroatoms. The van der Waals surface area contributed by atoms with Gasteiger partial charge in [-0.05, 0) is 55.9 Å². The van der Waals surface area contributed by atoms with Gasteiger partial charge in [-0.25, -0.2) is 0 Å². The van der Waals surface area contributed by atoms with Crippen molar-refractivity contribution < 1.29 is 4.79 Å². The highest BCUT2D eigenvalue weighted by atomic mass is 16.1. The molecule has 98 valence electrons. The Balaban J connectivity index is 2.04. The quantitative estimate of drug-likeness (QED) is 0.857. The molecule has 0 heterocycles. The average Bonchev–Trinajstić information content (AvgIpc) is 2.79. The van der Waals surface area contributed by atoms with Crippen LogP contribution in [-0.4, -0.2) is 11.9 Å². The van der Waals surface area contributed by atoms with E-state index in [1.807, 2.05) is 19.1 Å². The number of aryl methyl sites for hydroxylation is 1. The van der Waals surface area contributed by atoms with Gasteiger partial charge in [-0.15, -0.1) is 0 Å². The molecule has 3 N–H and O–H groups in total. The van der Waals surface area contributed by atoms with E-state index < -0.39 is 0 Å². The van der Waals surface area contributed by atoms with Crippen molar-refractivity contribution >= 4 is 11.6 Å². The number of carbonyl (C=O) groups excluding carboxylic acids is 1. The zero-order valence-electron chi connectivity index (χ0n) is 11.2. The Hall–Kier alpha value is -1.51. The third-order valence-electron chi connectivity index (χ3n) is 3.99. The molecule has 2 rings (SSSR count). The highest BCUT2D eigenvalue weighted by molar-refractivity contribution is 5.93. The first-order chi connectivity index (χ1) is 8.60. The molecule has 1 amide bonds. The summed E-state index contributed by atoms with van der Waals surface area (Å²) in [5.74, 6) is 0.504. The Kier molecular flexibility index (Phi) is 3.90. The molecule has 2 unspecified atom stereocenters. The molecular formula is C15H22N2O. The average molecular weight is 246 g/mol. The van der Waals surface area contributed by atoms with Gasteiger partial charge in [0.1, 0.15) is 0 Å². The molecule has 1 aromatic carbocycles. The second-order valence-electron chi connectivity index (χ2n) is 5.32. The van der Waals surface area contributed by atoms with Gasteiger partial charge in [-0.2, -0.15) is 0 Å². The van der Waals surface area contributed by atoms with E-state index in [0.29, 0.717) is 11.6 Å². The largest absolute Gasteiger partial charge is 0.382 e. The van der Waals surface area contributed by atoms with E-state index >= 15 is 0 Å². The van der Waals surface area contributed by atoms with Gasteiger partial charge in [0.25, 0.3) is 0 Å². The number of hydrogen-bond donors (Lipinski definition) is 2. The summed E-state index contributed by atoms with van der Waals surface area (Å²) in [6.07, 6.45) is 5.10. The lowest BCUT2D eigenvalue weighted by molar-refractivity contribution is 0.1000. The lowest BCUT2D eigenvalue weighted by Crippen LogP contribution is -2.17. The first-order valence-electron chi connectivity index (χ1n) is 6.77. The molecule has 18 heavy (non-hydrogen) atoms. The van der Waals surface area contributed by atoms with Crippen LogP contribution in [0.3, 0.4) is 0 Å². The number of nitrogens with one attached hydrogen (secondary N) is 1. The van der Waals surface area contributed by atoms with Crippen LogP contribution >= 0.6 is 0 Å². The zero-order valence-corrected chi connectivity index (χ0v) is 11.2. The van der Waals surface area contributed by atoms with Gasteiger partial charge >= 0.3 is 0 Å². The summed E-state index contributed by atoms with van der Waals surface area (Å²) < 4.78 is 0. The molecule has 1 aromatic rings. The molecule has 2 atom stereocenters. The van der Waals surface area contributed by atoms with E-state index in [0.717, 1.165) is 17.2 Å². The SMILES string of the molecule is CCC1CCC(Nc2ccc(C(N)=O)cc2C)C1. The van der Waals surface area contributed by atoms with Gasteiger partial charge in [-0.3, -0.25) is 4.79 Å². The van der Waals surface area contributed by atoms with Crippen molar-refractivity contribution in [3.8, 4) is 0 Å². The fraction of sp³-hybridized carbons (Fsp3) is 0.533. The van der Waals surface area contributed by atoms with Crippen LogP contribution in [0.15, 0.2) is 18.2 Å². The van der Waals surface area contributed by atoms with Crippen LogP contribution in [-0.2, 0) is 0 Å². The first-order valence-corrected chi connectivity index (χ1v) is 6.77. The maximum atomic E-state index is 11.1. The predicted molar refractivity (Wildman–Crippen MR) is 74.7 cm³/mol. The maximum Gasteiger partial charge on any atom is 0.248 e. The lowest BCUT2D eigenvalue weighted by Gasteiger charge is -2.16. The van der Waals surface area contributed by atoms with Gasteiger partial charge in [0, 0.05) is 17.3 Å². The van der Waals surface area contributed by atoms with Crippen molar-refractivity contribution in [1.82, 2.24) is 0 Å². The predicted octanol–water partition coefficient (Wildman–Crippen LogP) is 3.08. The van der Waals surface area contributed by atoms with Gasteiger partial charge < -0.3 is 11.1 Å². The Morgan fingerprint density at radius 1 is 1.44 bits per heavy atom. The molecule has 0 spiro atoms. The van der Waals surface area contributed by atoms with Crippen LogP contribution in [0.5, 0.6) is 0 Å². The zero-order chi connectivity index (χ0) is 13.1. The summed E-state index contributed by atoms with van der Waals surface area (Å²) in [6, 6.07) is 6.20. The number of anilines is 1. The number of benzene rings is 1. The lowest BCUT2D eigenvalue weighted by atomic mass is 10.0. The molecule has 1 aliphatic rings. The second-order valence-corrected chi connectivity index (χ2v) is 5.32. The molecule has 1 fully saturated rings. The fourth-order valence-corrected chi connectivity index (χ4v) is 2.78. The second kappa shape index (κ2) is 5.42. The fourth-order valence-electron chi connectivity index (χ4n) is 2.78. The molecule has 0 bridgehead atoms. The molecule has 0 saturated heterocycles. The smallest absolute Gasteiger partial charge is 0.248 e. The first kappa shape index (κ1) is 12.9. The summed E-state index contributed by atoms with van der Waals surface area (Å²) >= 11 is 0. The van der Waals surface area contributed by atoms with E-state index in [1.165, 1.54) is 25.7 Å². The summed E-state index contributed by atoms with van der Waals surface area (Å²) in [4.78, 5) is 11.1. The van der Waals surface area contributed by atoms with E-state index in [9.17, 15) is 4.79 Å². The molecule has 1 aliphatic carbocycles. The third kappa shape index (κ3) is 2.84. The summed E-state index contributed by atoms with van der Waals surface area (Å²) in [6.45, 7) is 4.28. The minimum atomic E-state index is -0.364. The van der Waals surface area contributed by atoms with Crippen LogP contribution in [0.4, 0.5) is 5.69 Å². The van der Waals surface area contributed by atoms with Crippen LogP contribution in [0.25, 0.3) is 0 Å². The maximum absolute atomic E-state index is 11.1. The summed E-state index contributed by atoms with van der Waals surface area (Å²) in [5, 5.41) is 3.59. The van der Waals surface area contributed by atoms with Crippen LogP contribution in [0, 0.1) is 12.8 Å². The Labute approximate surface area is 109 Å². The molecule has 0 aliphatic heterocycles. The number of carbonyl (C=O) groups is 1. The standard InChI is InChI=1S/C15H22N2O/c1-3-11-4-6-13(9-11)17-14-7-5-12(15(16)18)8-10(14)2/h5,7-8,11,13,17H,3-4,6,9H2,1-2H3,(H2,16,18). The van der Waals surface area contributed by atoms with Crippen molar-refractivity contribution in [2.24, 2.45) is 11.7 Å². The normalized spacial score (nSPS) is 23.0. The molecular weight excluding hydrogens is 224 g/mol. The van der Waals surface area contributed by atoms with E-state index in [1.54, 1.807) is 6.07 Å². The van der Waals surface area contributed by atoms with Crippen molar-refractivity contribution in [3.63, 3.8) is 0 Å². The minimum absolute atomic E-state index is 0.364. The highest BCUT2D eigenvalue weighted by Gasteiger charge is 2.23. The number of primary amides is 1. The topological polar surface area (TPSA) is 55.1 Å². The van der Waals surface area contributed by atoms with Crippen LogP contribution in [0.2, 0.25) is 0 Å². The monoisotopic (exact) mass is 246 g/mol. The highest BCUT2D eigenvalue weighted by Crippen LogP contribution is 2.31. The number of nitrogens with two attached hydrogens (primary N) is 1. The molecule has 1 saturated carbocycles. The molecule has 0 aromatic heterocycles. The number of rotatable bonds is 4. The Bertz CT molecular complexity index is 442. The van der Waals surface area contributed by atoms with Crippen molar-refractivity contribution in [2.45, 2.75) is 45.6 Å². The van der Waals surface area contributed by atoms with E-state index in [4.69, 9.17) is 5.73 Å². The summed E-state index contributed by atoms with van der Waals surface area (Å²) in [5.41, 5.74) is 8.07. The van der Waals surface area contributed by atoms with Crippen LogP contribution in [0.1, 0.15) is 48.5 Å². The Morgan fingerprint density at radius 2 is 2.22 bits per heavy atom. The van der Waals surface area contributed by atoms with E-state index in [-0.39, 0.29) is 5.91 Å².